The van der Waals surface area contributed by atoms with Crippen LogP contribution < -0.4 is 5.32 Å². The van der Waals surface area contributed by atoms with Gasteiger partial charge in [-0.15, -0.1) is 0 Å². The lowest BCUT2D eigenvalue weighted by Crippen LogP contribution is -2.32. The number of aliphatic hydroxyl groups excluding tert-OH is 1. The first-order chi connectivity index (χ1) is 8.87. The SMILES string of the molecule is CCC(CC)(CO)CNc1cc(C(F)(F)F)ccn1. The van der Waals surface area contributed by atoms with E-state index < -0.39 is 11.7 Å². The minimum atomic E-state index is -4.37. The summed E-state index contributed by atoms with van der Waals surface area (Å²) in [6, 6.07) is 1.91. The second-order valence-corrected chi connectivity index (χ2v) is 4.65. The maximum atomic E-state index is 12.5. The number of hydrogen-bond acceptors (Lipinski definition) is 3. The van der Waals surface area contributed by atoms with Crippen molar-refractivity contribution in [3.63, 3.8) is 0 Å². The van der Waals surface area contributed by atoms with Gasteiger partial charge in [0.05, 0.1) is 12.2 Å². The molecule has 1 rings (SSSR count). The molecule has 0 atom stereocenters. The summed E-state index contributed by atoms with van der Waals surface area (Å²) >= 11 is 0. The average molecular weight is 276 g/mol. The van der Waals surface area contributed by atoms with Crippen LogP contribution >= 0.6 is 0 Å². The first-order valence-electron chi connectivity index (χ1n) is 6.25. The third kappa shape index (κ3) is 4.09. The molecule has 0 saturated heterocycles. The quantitative estimate of drug-likeness (QED) is 0.838. The van der Waals surface area contributed by atoms with Crippen LogP contribution in [-0.4, -0.2) is 23.2 Å². The van der Waals surface area contributed by atoms with E-state index in [0.717, 1.165) is 31.2 Å². The van der Waals surface area contributed by atoms with Gasteiger partial charge in [-0.3, -0.25) is 0 Å². The van der Waals surface area contributed by atoms with Crippen molar-refractivity contribution in [2.45, 2.75) is 32.9 Å². The van der Waals surface area contributed by atoms with Crippen LogP contribution in [0.1, 0.15) is 32.3 Å². The van der Waals surface area contributed by atoms with Gasteiger partial charge < -0.3 is 10.4 Å². The fourth-order valence-electron chi connectivity index (χ4n) is 1.76. The van der Waals surface area contributed by atoms with E-state index in [-0.39, 0.29) is 17.8 Å². The summed E-state index contributed by atoms with van der Waals surface area (Å²) in [7, 11) is 0. The topological polar surface area (TPSA) is 45.1 Å². The Balaban J connectivity index is 2.78. The molecule has 0 fully saturated rings. The minimum Gasteiger partial charge on any atom is -0.396 e. The van der Waals surface area contributed by atoms with Gasteiger partial charge in [-0.05, 0) is 25.0 Å². The fourth-order valence-corrected chi connectivity index (χ4v) is 1.76. The summed E-state index contributed by atoms with van der Waals surface area (Å²) in [6.07, 6.45) is -1.76. The van der Waals surface area contributed by atoms with Crippen LogP contribution in [0.4, 0.5) is 19.0 Å². The molecule has 6 heteroatoms. The molecule has 0 bridgehead atoms. The van der Waals surface area contributed by atoms with E-state index in [1.165, 1.54) is 0 Å². The zero-order valence-corrected chi connectivity index (χ0v) is 11.1. The minimum absolute atomic E-state index is 0.00797. The summed E-state index contributed by atoms with van der Waals surface area (Å²) in [6.45, 7) is 4.28. The van der Waals surface area contributed by atoms with E-state index in [1.54, 1.807) is 0 Å². The second-order valence-electron chi connectivity index (χ2n) is 4.65. The number of hydrogen-bond donors (Lipinski definition) is 2. The highest BCUT2D eigenvalue weighted by Gasteiger charge is 2.31. The standard InChI is InChI=1S/C13H19F3N2O/c1-3-12(4-2,9-19)8-18-11-7-10(5-6-17-11)13(14,15)16/h5-7,19H,3-4,8-9H2,1-2H3,(H,17,18). The molecule has 108 valence electrons. The molecule has 0 amide bonds. The van der Waals surface area contributed by atoms with Crippen molar-refractivity contribution >= 4 is 5.82 Å². The molecular weight excluding hydrogens is 257 g/mol. The summed E-state index contributed by atoms with van der Waals surface area (Å²) in [5.74, 6) is 0.176. The molecule has 19 heavy (non-hydrogen) atoms. The van der Waals surface area contributed by atoms with E-state index in [9.17, 15) is 18.3 Å². The number of alkyl halides is 3. The van der Waals surface area contributed by atoms with Crippen molar-refractivity contribution < 1.29 is 18.3 Å². The number of nitrogens with zero attached hydrogens (tertiary/aromatic N) is 1. The number of aliphatic hydroxyl groups is 1. The van der Waals surface area contributed by atoms with Gasteiger partial charge >= 0.3 is 6.18 Å². The summed E-state index contributed by atoms with van der Waals surface area (Å²) < 4.78 is 37.6. The maximum absolute atomic E-state index is 12.5. The average Bonchev–Trinajstić information content (AvgIpc) is 2.40. The van der Waals surface area contributed by atoms with Crippen LogP contribution in [-0.2, 0) is 6.18 Å². The fraction of sp³-hybridized carbons (Fsp3) is 0.615. The predicted molar refractivity (Wildman–Crippen MR) is 67.8 cm³/mol. The summed E-state index contributed by atoms with van der Waals surface area (Å²) in [4.78, 5) is 3.87. The largest absolute Gasteiger partial charge is 0.416 e. The lowest BCUT2D eigenvalue weighted by atomic mass is 9.83. The zero-order chi connectivity index (χ0) is 14.5. The van der Waals surface area contributed by atoms with Crippen LogP contribution in [0.5, 0.6) is 0 Å². The maximum Gasteiger partial charge on any atom is 0.416 e. The summed E-state index contributed by atoms with van der Waals surface area (Å²) in [5.41, 5.74) is -1.05. The van der Waals surface area contributed by atoms with Gasteiger partial charge in [0, 0.05) is 18.2 Å². The first-order valence-corrected chi connectivity index (χ1v) is 6.25. The van der Waals surface area contributed by atoms with E-state index in [0.29, 0.717) is 6.54 Å². The highest BCUT2D eigenvalue weighted by molar-refractivity contribution is 5.38. The molecule has 0 saturated carbocycles. The Kier molecular flexibility index (Phi) is 5.17. The Morgan fingerprint density at radius 2 is 1.89 bits per heavy atom. The molecular formula is C13H19F3N2O. The van der Waals surface area contributed by atoms with E-state index in [4.69, 9.17) is 0 Å². The van der Waals surface area contributed by atoms with Gasteiger partial charge in [-0.2, -0.15) is 13.2 Å². The highest BCUT2D eigenvalue weighted by Crippen LogP contribution is 2.30. The third-order valence-corrected chi connectivity index (χ3v) is 3.57. The van der Waals surface area contributed by atoms with Crippen LogP contribution in [0.25, 0.3) is 0 Å². The molecule has 0 unspecified atom stereocenters. The van der Waals surface area contributed by atoms with Gasteiger partial charge in [-0.1, -0.05) is 13.8 Å². The van der Waals surface area contributed by atoms with E-state index >= 15 is 0 Å². The van der Waals surface area contributed by atoms with Gasteiger partial charge in [0.25, 0.3) is 0 Å². The molecule has 0 aliphatic heterocycles. The van der Waals surface area contributed by atoms with Crippen molar-refractivity contribution in [2.75, 3.05) is 18.5 Å². The third-order valence-electron chi connectivity index (χ3n) is 3.57. The van der Waals surface area contributed by atoms with Crippen molar-refractivity contribution in [1.82, 2.24) is 4.98 Å². The molecule has 0 aliphatic rings. The van der Waals surface area contributed by atoms with Crippen molar-refractivity contribution in [1.29, 1.82) is 0 Å². The van der Waals surface area contributed by atoms with Crippen LogP contribution in [0.15, 0.2) is 18.3 Å². The van der Waals surface area contributed by atoms with Crippen molar-refractivity contribution in [2.24, 2.45) is 5.41 Å². The molecule has 0 aliphatic carbocycles. The Hall–Kier alpha value is -1.30. The van der Waals surface area contributed by atoms with Crippen molar-refractivity contribution in [3.8, 4) is 0 Å². The lowest BCUT2D eigenvalue weighted by Gasteiger charge is -2.29. The van der Waals surface area contributed by atoms with Gasteiger partial charge in [0.15, 0.2) is 0 Å². The van der Waals surface area contributed by atoms with Crippen LogP contribution in [0.2, 0.25) is 0 Å². The number of halogens is 3. The molecule has 0 spiro atoms. The number of nitrogens with one attached hydrogen (secondary N) is 1. The van der Waals surface area contributed by atoms with Gasteiger partial charge in [-0.25, -0.2) is 4.98 Å². The zero-order valence-electron chi connectivity index (χ0n) is 11.1. The predicted octanol–water partition coefficient (Wildman–Crippen LogP) is 3.31. The van der Waals surface area contributed by atoms with Crippen LogP contribution in [0, 0.1) is 5.41 Å². The molecule has 1 heterocycles. The Bertz CT molecular complexity index is 395. The van der Waals surface area contributed by atoms with E-state index in [1.807, 2.05) is 13.8 Å². The highest BCUT2D eigenvalue weighted by atomic mass is 19.4. The number of rotatable bonds is 6. The lowest BCUT2D eigenvalue weighted by molar-refractivity contribution is -0.137. The first kappa shape index (κ1) is 15.8. The summed E-state index contributed by atoms with van der Waals surface area (Å²) in [5, 5.41) is 12.3. The molecule has 0 aromatic carbocycles. The number of anilines is 1. The molecule has 0 radical (unpaired) electrons. The van der Waals surface area contributed by atoms with Gasteiger partial charge in [0.2, 0.25) is 0 Å². The normalized spacial score (nSPS) is 12.5. The monoisotopic (exact) mass is 276 g/mol. The van der Waals surface area contributed by atoms with Gasteiger partial charge in [0.1, 0.15) is 5.82 Å². The molecule has 1 aromatic rings. The smallest absolute Gasteiger partial charge is 0.396 e. The Labute approximate surface area is 110 Å². The Morgan fingerprint density at radius 3 is 2.37 bits per heavy atom. The molecule has 2 N–H and O–H groups in total. The second kappa shape index (κ2) is 6.23. The Morgan fingerprint density at radius 1 is 1.26 bits per heavy atom. The van der Waals surface area contributed by atoms with Crippen LogP contribution in [0.3, 0.4) is 0 Å². The molecule has 1 aromatic heterocycles. The van der Waals surface area contributed by atoms with E-state index in [2.05, 4.69) is 10.3 Å². The number of aromatic nitrogens is 1. The number of pyridine rings is 1. The van der Waals surface area contributed by atoms with Crippen molar-refractivity contribution in [3.05, 3.63) is 23.9 Å². The molecule has 3 nitrogen and oxygen atoms in total.